The minimum absolute atomic E-state index is 0.00494. The molecule has 1 aromatic rings. The van der Waals surface area contributed by atoms with E-state index in [4.69, 9.17) is 4.74 Å². The van der Waals surface area contributed by atoms with Crippen LogP contribution in [0.5, 0.6) is 0 Å². The lowest BCUT2D eigenvalue weighted by Crippen LogP contribution is -2.59. The minimum Gasteiger partial charge on any atom is -0.458 e. The molecule has 4 rings (SSSR count). The van der Waals surface area contributed by atoms with Crippen molar-refractivity contribution in [2.45, 2.75) is 77.1 Å². The van der Waals surface area contributed by atoms with Crippen molar-refractivity contribution in [3.05, 3.63) is 54.1 Å². The first-order valence-electron chi connectivity index (χ1n) is 13.0. The Morgan fingerprint density at radius 3 is 2.54 bits per heavy atom. The molecular formula is C30H36O7. The largest absolute Gasteiger partial charge is 0.458 e. The Bertz CT molecular complexity index is 1140. The average Bonchev–Trinajstić information content (AvgIpc) is 3.16. The summed E-state index contributed by atoms with van der Waals surface area (Å²) in [5, 5.41) is 21.7. The topological polar surface area (TPSA) is 118 Å². The van der Waals surface area contributed by atoms with Crippen molar-refractivity contribution in [1.82, 2.24) is 0 Å². The molecule has 1 aromatic carbocycles. The van der Waals surface area contributed by atoms with E-state index in [1.165, 1.54) is 25.2 Å². The molecular weight excluding hydrogens is 472 g/mol. The predicted molar refractivity (Wildman–Crippen MR) is 137 cm³/mol. The molecule has 0 amide bonds. The molecule has 7 heteroatoms. The van der Waals surface area contributed by atoms with Gasteiger partial charge in [-0.2, -0.15) is 0 Å². The monoisotopic (exact) mass is 508 g/mol. The fourth-order valence-corrected chi connectivity index (χ4v) is 6.74. The summed E-state index contributed by atoms with van der Waals surface area (Å²) in [5.74, 6) is -2.62. The summed E-state index contributed by atoms with van der Waals surface area (Å²) in [6, 6.07) is 9.22. The van der Waals surface area contributed by atoms with Crippen LogP contribution < -0.4 is 0 Å². The lowest BCUT2D eigenvalue weighted by molar-refractivity contribution is -0.172. The van der Waals surface area contributed by atoms with Crippen LogP contribution >= 0.6 is 0 Å². The van der Waals surface area contributed by atoms with Gasteiger partial charge in [0.15, 0.2) is 5.78 Å². The Labute approximate surface area is 217 Å². The molecule has 0 bridgehead atoms. The zero-order valence-corrected chi connectivity index (χ0v) is 21.7. The van der Waals surface area contributed by atoms with E-state index in [1.54, 1.807) is 13.0 Å². The van der Waals surface area contributed by atoms with Crippen LogP contribution in [0.2, 0.25) is 0 Å². The van der Waals surface area contributed by atoms with Crippen LogP contribution in [-0.4, -0.2) is 51.3 Å². The number of allylic oxidation sites excluding steroid dienone is 1. The number of fused-ring (bicyclic) bond motifs is 1. The van der Waals surface area contributed by atoms with Crippen LogP contribution in [0.4, 0.5) is 0 Å². The van der Waals surface area contributed by atoms with Gasteiger partial charge in [0.25, 0.3) is 0 Å². The molecule has 0 unspecified atom stereocenters. The highest BCUT2D eigenvalue weighted by atomic mass is 16.5. The number of esters is 1. The van der Waals surface area contributed by atoms with Crippen molar-refractivity contribution in [3.63, 3.8) is 0 Å². The highest BCUT2D eigenvalue weighted by molar-refractivity contribution is 5.97. The third-order valence-electron chi connectivity index (χ3n) is 9.23. The summed E-state index contributed by atoms with van der Waals surface area (Å²) in [4.78, 5) is 52.1. The third-order valence-corrected chi connectivity index (χ3v) is 9.23. The summed E-state index contributed by atoms with van der Waals surface area (Å²) in [6.45, 7) is 4.92. The van der Waals surface area contributed by atoms with Gasteiger partial charge in [-0.15, -0.1) is 0 Å². The number of ketones is 3. The zero-order chi connectivity index (χ0) is 27.0. The molecule has 0 saturated heterocycles. The van der Waals surface area contributed by atoms with Gasteiger partial charge in [-0.25, -0.2) is 4.79 Å². The maximum atomic E-state index is 13.3. The highest BCUT2D eigenvalue weighted by Crippen LogP contribution is 2.56. The van der Waals surface area contributed by atoms with Crippen molar-refractivity contribution in [2.75, 3.05) is 0 Å². The number of carbonyl (C=O) groups excluding carboxylic acids is 4. The molecule has 3 aliphatic carbocycles. The van der Waals surface area contributed by atoms with Crippen LogP contribution in [0.25, 0.3) is 6.08 Å². The number of aliphatic hydroxyl groups excluding tert-OH is 1. The zero-order valence-electron chi connectivity index (χ0n) is 21.7. The molecule has 0 heterocycles. The fraction of sp³-hybridized carbons (Fsp3) is 0.533. The van der Waals surface area contributed by atoms with E-state index in [1.807, 2.05) is 37.3 Å². The molecule has 7 atom stereocenters. The summed E-state index contributed by atoms with van der Waals surface area (Å²) >= 11 is 0. The van der Waals surface area contributed by atoms with Crippen molar-refractivity contribution in [3.8, 4) is 0 Å². The van der Waals surface area contributed by atoms with E-state index in [9.17, 15) is 29.4 Å². The van der Waals surface area contributed by atoms with Crippen LogP contribution in [-0.2, 0) is 23.9 Å². The Balaban J connectivity index is 1.69. The fourth-order valence-electron chi connectivity index (χ4n) is 6.74. The predicted octanol–water partition coefficient (Wildman–Crippen LogP) is 3.61. The first-order valence-corrected chi connectivity index (χ1v) is 13.0. The lowest BCUT2D eigenvalue weighted by atomic mass is 9.52. The number of rotatable bonds is 7. The Morgan fingerprint density at radius 2 is 1.86 bits per heavy atom. The molecule has 0 aromatic heterocycles. The molecule has 0 aliphatic heterocycles. The highest BCUT2D eigenvalue weighted by Gasteiger charge is 2.61. The number of hydrogen-bond donors (Lipinski definition) is 2. The van der Waals surface area contributed by atoms with Crippen LogP contribution in [0.1, 0.15) is 64.9 Å². The van der Waals surface area contributed by atoms with E-state index < -0.39 is 46.4 Å². The third kappa shape index (κ3) is 4.87. The van der Waals surface area contributed by atoms with E-state index in [-0.39, 0.29) is 36.6 Å². The number of ether oxygens (including phenoxy) is 1. The van der Waals surface area contributed by atoms with Gasteiger partial charge in [0, 0.05) is 36.2 Å². The minimum atomic E-state index is -1.41. The first kappa shape index (κ1) is 27.1. The average molecular weight is 509 g/mol. The smallest absolute Gasteiger partial charge is 0.331 e. The van der Waals surface area contributed by atoms with Crippen molar-refractivity contribution in [2.24, 2.45) is 22.7 Å². The summed E-state index contributed by atoms with van der Waals surface area (Å²) < 4.78 is 5.93. The summed E-state index contributed by atoms with van der Waals surface area (Å²) in [5.41, 5.74) is -2.82. The lowest BCUT2D eigenvalue weighted by Gasteiger charge is -2.54. The molecule has 198 valence electrons. The maximum absolute atomic E-state index is 13.3. The Hall–Kier alpha value is -2.90. The van der Waals surface area contributed by atoms with Gasteiger partial charge in [0.1, 0.15) is 17.7 Å². The second-order valence-electron chi connectivity index (χ2n) is 11.3. The van der Waals surface area contributed by atoms with E-state index in [0.29, 0.717) is 19.3 Å². The second-order valence-corrected chi connectivity index (χ2v) is 11.3. The number of Topliss-reactive ketones (excluding diaryl/α,β-unsaturated/α-hetero) is 2. The number of benzene rings is 1. The second kappa shape index (κ2) is 10.1. The molecule has 0 spiro atoms. The molecule has 3 aliphatic rings. The number of hydrogen-bond acceptors (Lipinski definition) is 7. The van der Waals surface area contributed by atoms with Crippen molar-refractivity contribution >= 4 is 29.4 Å². The SMILES string of the molecule is CC(=O)[C@H]1CCC(=O)[C@]1(C)[C@@H](C[C@H]1C(=O)C=C[C@]2(O)C[C@@H](O)CC[C@]12C)OC(=O)C=Cc1ccccc1. The standard InChI is InChI=1S/C30H36O7/c1-19(31)22-10-11-25(34)29(22,3)26(37-27(35)12-9-20-7-5-4-6-8-20)17-23-24(33)14-16-30(36)18-21(32)13-15-28(23,30)2/h4-9,12,14,16,21-23,26,32,36H,10-11,13,15,17-18H2,1-3H3/t21-,22+,23-,26+,28+,29+,30-/m0/s1. The van der Waals surface area contributed by atoms with Gasteiger partial charge in [0.05, 0.1) is 17.1 Å². The van der Waals surface area contributed by atoms with Gasteiger partial charge in [-0.3, -0.25) is 14.4 Å². The molecule has 2 saturated carbocycles. The van der Waals surface area contributed by atoms with E-state index in [0.717, 1.165) is 5.56 Å². The van der Waals surface area contributed by atoms with Gasteiger partial charge in [-0.05, 0) is 63.3 Å². The number of aliphatic hydroxyl groups is 2. The van der Waals surface area contributed by atoms with Gasteiger partial charge < -0.3 is 14.9 Å². The van der Waals surface area contributed by atoms with Crippen LogP contribution in [0.3, 0.4) is 0 Å². The van der Waals surface area contributed by atoms with Crippen molar-refractivity contribution < 1.29 is 34.1 Å². The molecule has 37 heavy (non-hydrogen) atoms. The van der Waals surface area contributed by atoms with Crippen LogP contribution in [0.15, 0.2) is 48.6 Å². The Kier molecular flexibility index (Phi) is 7.41. The molecule has 7 nitrogen and oxygen atoms in total. The maximum Gasteiger partial charge on any atom is 0.331 e. The quantitative estimate of drug-likeness (QED) is 0.427. The first-order chi connectivity index (χ1) is 17.4. The van der Waals surface area contributed by atoms with Crippen LogP contribution in [0, 0.1) is 22.7 Å². The molecule has 0 radical (unpaired) electrons. The van der Waals surface area contributed by atoms with Gasteiger partial charge in [-0.1, -0.05) is 37.3 Å². The normalized spacial score (nSPS) is 36.4. The van der Waals surface area contributed by atoms with E-state index >= 15 is 0 Å². The number of carbonyl (C=O) groups is 4. The van der Waals surface area contributed by atoms with Gasteiger partial charge in [0.2, 0.25) is 0 Å². The van der Waals surface area contributed by atoms with Crippen molar-refractivity contribution in [1.29, 1.82) is 0 Å². The summed E-state index contributed by atoms with van der Waals surface area (Å²) in [6.07, 6.45) is 5.43. The van der Waals surface area contributed by atoms with Gasteiger partial charge >= 0.3 is 5.97 Å². The molecule has 2 N–H and O–H groups in total. The summed E-state index contributed by atoms with van der Waals surface area (Å²) in [7, 11) is 0. The Morgan fingerprint density at radius 1 is 1.16 bits per heavy atom. The molecule has 2 fully saturated rings. The van der Waals surface area contributed by atoms with E-state index in [2.05, 4.69) is 0 Å².